The third kappa shape index (κ3) is 4.40. The summed E-state index contributed by atoms with van der Waals surface area (Å²) >= 11 is 6.14. The highest BCUT2D eigenvalue weighted by Gasteiger charge is 2.10. The highest BCUT2D eigenvalue weighted by Crippen LogP contribution is 2.30. The van der Waals surface area contributed by atoms with Crippen LogP contribution in [-0.4, -0.2) is 0 Å². The van der Waals surface area contributed by atoms with Crippen molar-refractivity contribution >= 4 is 17.3 Å². The predicted octanol–water partition coefficient (Wildman–Crippen LogP) is 5.26. The van der Waals surface area contributed by atoms with Gasteiger partial charge in [-0.3, -0.25) is 0 Å². The van der Waals surface area contributed by atoms with Gasteiger partial charge in [0.25, 0.3) is 0 Å². The average molecular weight is 304 g/mol. The molecule has 0 saturated heterocycles. The van der Waals surface area contributed by atoms with Crippen molar-refractivity contribution < 1.29 is 4.74 Å². The summed E-state index contributed by atoms with van der Waals surface area (Å²) in [4.78, 5) is 0. The third-order valence-electron chi connectivity index (χ3n) is 3.35. The lowest BCUT2D eigenvalue weighted by Gasteiger charge is -2.17. The maximum atomic E-state index is 6.14. The van der Waals surface area contributed by atoms with Gasteiger partial charge in [-0.1, -0.05) is 49.7 Å². The van der Waals surface area contributed by atoms with Gasteiger partial charge in [0.05, 0.1) is 5.02 Å². The molecule has 0 aliphatic rings. The van der Waals surface area contributed by atoms with Crippen molar-refractivity contribution in [3.63, 3.8) is 0 Å². The van der Waals surface area contributed by atoms with Crippen LogP contribution < -0.4 is 10.5 Å². The van der Waals surface area contributed by atoms with Gasteiger partial charge >= 0.3 is 0 Å². The van der Waals surface area contributed by atoms with Gasteiger partial charge in [0, 0.05) is 5.69 Å². The zero-order valence-electron chi connectivity index (χ0n) is 12.8. The number of nitrogen functional groups attached to an aromatic ring is 1. The number of anilines is 1. The number of rotatable bonds is 5. The van der Waals surface area contributed by atoms with E-state index in [0.717, 1.165) is 12.0 Å². The van der Waals surface area contributed by atoms with Crippen molar-refractivity contribution in [2.24, 2.45) is 5.92 Å². The number of ether oxygens (including phenoxy) is 1. The van der Waals surface area contributed by atoms with Crippen molar-refractivity contribution in [2.45, 2.75) is 33.3 Å². The molecule has 0 aliphatic carbocycles. The fourth-order valence-corrected chi connectivity index (χ4v) is 2.50. The fraction of sp³-hybridized carbons (Fsp3) is 0.333. The second-order valence-electron chi connectivity index (χ2n) is 5.79. The fourth-order valence-electron chi connectivity index (χ4n) is 2.27. The van der Waals surface area contributed by atoms with Crippen LogP contribution in [-0.2, 0) is 6.42 Å². The van der Waals surface area contributed by atoms with E-state index in [1.165, 1.54) is 5.56 Å². The van der Waals surface area contributed by atoms with Crippen molar-refractivity contribution in [1.29, 1.82) is 0 Å². The van der Waals surface area contributed by atoms with Crippen LogP contribution in [0.4, 0.5) is 5.69 Å². The van der Waals surface area contributed by atoms with Crippen LogP contribution in [0.15, 0.2) is 42.5 Å². The minimum atomic E-state index is -0.0563. The standard InChI is InChI=1S/C18H22ClNO/c1-12(2)10-14-4-6-15(7-5-14)13(3)21-18-9-8-16(20)11-17(18)19/h4-9,11-13H,10,20H2,1-3H3. The van der Waals surface area contributed by atoms with E-state index >= 15 is 0 Å². The lowest BCUT2D eigenvalue weighted by molar-refractivity contribution is 0.227. The molecule has 2 aromatic carbocycles. The first kappa shape index (κ1) is 15.7. The quantitative estimate of drug-likeness (QED) is 0.765. The van der Waals surface area contributed by atoms with E-state index in [4.69, 9.17) is 22.1 Å². The normalized spacial score (nSPS) is 12.4. The first-order chi connectivity index (χ1) is 9.95. The molecule has 2 nitrogen and oxygen atoms in total. The van der Waals surface area contributed by atoms with E-state index in [1.54, 1.807) is 18.2 Å². The highest BCUT2D eigenvalue weighted by atomic mass is 35.5. The molecular weight excluding hydrogens is 282 g/mol. The Balaban J connectivity index is 2.07. The maximum Gasteiger partial charge on any atom is 0.138 e. The topological polar surface area (TPSA) is 35.2 Å². The maximum absolute atomic E-state index is 6.14. The lowest BCUT2D eigenvalue weighted by Crippen LogP contribution is -2.04. The molecule has 1 atom stereocenters. The van der Waals surface area contributed by atoms with Crippen LogP contribution >= 0.6 is 11.6 Å². The van der Waals surface area contributed by atoms with Gasteiger partial charge in [-0.2, -0.15) is 0 Å². The van der Waals surface area contributed by atoms with Crippen molar-refractivity contribution in [2.75, 3.05) is 5.73 Å². The largest absolute Gasteiger partial charge is 0.484 e. The summed E-state index contributed by atoms with van der Waals surface area (Å²) < 4.78 is 5.92. The van der Waals surface area contributed by atoms with E-state index in [9.17, 15) is 0 Å². The zero-order chi connectivity index (χ0) is 15.4. The summed E-state index contributed by atoms with van der Waals surface area (Å²) in [5, 5.41) is 0.540. The summed E-state index contributed by atoms with van der Waals surface area (Å²) in [6.45, 7) is 6.47. The molecule has 0 aliphatic heterocycles. The molecule has 1 unspecified atom stereocenters. The molecule has 0 fully saturated rings. The molecule has 2 N–H and O–H groups in total. The second kappa shape index (κ2) is 6.86. The number of nitrogens with two attached hydrogens (primary N) is 1. The van der Waals surface area contributed by atoms with E-state index < -0.39 is 0 Å². The van der Waals surface area contributed by atoms with E-state index in [-0.39, 0.29) is 6.10 Å². The van der Waals surface area contributed by atoms with Crippen LogP contribution in [0.3, 0.4) is 0 Å². The second-order valence-corrected chi connectivity index (χ2v) is 6.20. The molecule has 0 saturated carbocycles. The van der Waals surface area contributed by atoms with Crippen molar-refractivity contribution in [3.8, 4) is 5.75 Å². The molecule has 3 heteroatoms. The summed E-state index contributed by atoms with van der Waals surface area (Å²) in [5.41, 5.74) is 8.81. The summed E-state index contributed by atoms with van der Waals surface area (Å²) in [6.07, 6.45) is 1.04. The minimum Gasteiger partial charge on any atom is -0.484 e. The third-order valence-corrected chi connectivity index (χ3v) is 3.65. The number of hydrogen-bond donors (Lipinski definition) is 1. The monoisotopic (exact) mass is 303 g/mol. The Labute approximate surface area is 131 Å². The number of halogens is 1. The molecule has 21 heavy (non-hydrogen) atoms. The smallest absolute Gasteiger partial charge is 0.138 e. The van der Waals surface area contributed by atoms with Gasteiger partial charge in [-0.25, -0.2) is 0 Å². The molecule has 0 spiro atoms. The van der Waals surface area contributed by atoms with Crippen molar-refractivity contribution in [1.82, 2.24) is 0 Å². The Morgan fingerprint density at radius 3 is 2.29 bits per heavy atom. The number of hydrogen-bond acceptors (Lipinski definition) is 2. The van der Waals surface area contributed by atoms with Crippen LogP contribution in [0.25, 0.3) is 0 Å². The van der Waals surface area contributed by atoms with Gasteiger partial charge < -0.3 is 10.5 Å². The molecule has 0 heterocycles. The molecule has 0 amide bonds. The van der Waals surface area contributed by atoms with E-state index in [0.29, 0.717) is 22.4 Å². The van der Waals surface area contributed by atoms with Crippen molar-refractivity contribution in [3.05, 3.63) is 58.6 Å². The Kier molecular flexibility index (Phi) is 5.13. The highest BCUT2D eigenvalue weighted by molar-refractivity contribution is 6.32. The first-order valence-electron chi connectivity index (χ1n) is 7.26. The van der Waals surface area contributed by atoms with Crippen LogP contribution in [0, 0.1) is 5.92 Å². The van der Waals surface area contributed by atoms with Crippen LogP contribution in [0.2, 0.25) is 5.02 Å². The summed E-state index contributed by atoms with van der Waals surface area (Å²) in [7, 11) is 0. The molecule has 0 radical (unpaired) electrons. The Bertz CT molecular complexity index is 593. The first-order valence-corrected chi connectivity index (χ1v) is 7.64. The molecule has 0 bridgehead atoms. The van der Waals surface area contributed by atoms with E-state index in [1.807, 2.05) is 6.92 Å². The predicted molar refractivity (Wildman–Crippen MR) is 89.9 cm³/mol. The molecule has 112 valence electrons. The van der Waals surface area contributed by atoms with Crippen LogP contribution in [0.5, 0.6) is 5.75 Å². The summed E-state index contributed by atoms with van der Waals surface area (Å²) in [6, 6.07) is 13.9. The Hall–Kier alpha value is -1.67. The molecular formula is C18H22ClNO. The van der Waals surface area contributed by atoms with Gasteiger partial charge in [-0.15, -0.1) is 0 Å². The Morgan fingerprint density at radius 2 is 1.71 bits per heavy atom. The average Bonchev–Trinajstić information content (AvgIpc) is 2.42. The number of benzene rings is 2. The molecule has 2 aromatic rings. The van der Waals surface area contributed by atoms with Gasteiger partial charge in [0.1, 0.15) is 11.9 Å². The SMILES string of the molecule is CC(C)Cc1ccc(C(C)Oc2ccc(N)cc2Cl)cc1. The van der Waals surface area contributed by atoms with Crippen LogP contribution in [0.1, 0.15) is 38.0 Å². The zero-order valence-corrected chi connectivity index (χ0v) is 13.5. The molecule has 0 aromatic heterocycles. The van der Waals surface area contributed by atoms with E-state index in [2.05, 4.69) is 38.1 Å². The van der Waals surface area contributed by atoms with Gasteiger partial charge in [0.15, 0.2) is 0 Å². The van der Waals surface area contributed by atoms with Gasteiger partial charge in [0.2, 0.25) is 0 Å². The molecule has 2 rings (SSSR count). The summed E-state index contributed by atoms with van der Waals surface area (Å²) in [5.74, 6) is 1.32. The van der Waals surface area contributed by atoms with Gasteiger partial charge in [-0.05, 0) is 48.6 Å². The Morgan fingerprint density at radius 1 is 1.05 bits per heavy atom. The lowest BCUT2D eigenvalue weighted by atomic mass is 10.0. The minimum absolute atomic E-state index is 0.0563.